The molecular weight excluding hydrogens is 122 g/mol. The average molecular weight is 139 g/mol. The van der Waals surface area contributed by atoms with Gasteiger partial charge in [0.05, 0.1) is 0 Å². The molecule has 1 saturated heterocycles. The van der Waals surface area contributed by atoms with Crippen molar-refractivity contribution >= 4 is 0 Å². The van der Waals surface area contributed by atoms with Crippen molar-refractivity contribution in [1.29, 1.82) is 0 Å². The molecule has 1 aliphatic heterocycles. The van der Waals surface area contributed by atoms with Crippen molar-refractivity contribution in [3.63, 3.8) is 0 Å². The quantitative estimate of drug-likeness (QED) is 0.528. The Morgan fingerprint density at radius 1 is 1.60 bits per heavy atom. The Kier molecular flexibility index (Phi) is 2.94. The highest BCUT2D eigenvalue weighted by Crippen LogP contribution is 2.13. The van der Waals surface area contributed by atoms with Gasteiger partial charge in [-0.1, -0.05) is 19.1 Å². The van der Waals surface area contributed by atoms with Gasteiger partial charge in [-0.15, -0.1) is 0 Å². The third kappa shape index (κ3) is 2.14. The van der Waals surface area contributed by atoms with Crippen LogP contribution in [0.3, 0.4) is 0 Å². The third-order valence-corrected chi connectivity index (χ3v) is 2.11. The molecule has 1 heterocycles. The minimum Gasteiger partial charge on any atom is -0.299 e. The van der Waals surface area contributed by atoms with Crippen LogP contribution in [0.1, 0.15) is 20.3 Å². The van der Waals surface area contributed by atoms with E-state index in [-0.39, 0.29) is 0 Å². The van der Waals surface area contributed by atoms with Gasteiger partial charge < -0.3 is 0 Å². The molecule has 0 spiro atoms. The van der Waals surface area contributed by atoms with Gasteiger partial charge in [0.25, 0.3) is 0 Å². The monoisotopic (exact) mass is 139 g/mol. The van der Waals surface area contributed by atoms with Crippen LogP contribution in [0.2, 0.25) is 0 Å². The van der Waals surface area contributed by atoms with E-state index in [4.69, 9.17) is 0 Å². The summed E-state index contributed by atoms with van der Waals surface area (Å²) in [6, 6.07) is 0. The van der Waals surface area contributed by atoms with Crippen LogP contribution >= 0.6 is 0 Å². The van der Waals surface area contributed by atoms with Gasteiger partial charge >= 0.3 is 0 Å². The topological polar surface area (TPSA) is 3.24 Å². The number of likely N-dealkylation sites (tertiary alicyclic amines) is 1. The lowest BCUT2D eigenvalue weighted by Crippen LogP contribution is -2.19. The highest BCUT2D eigenvalue weighted by molar-refractivity contribution is 4.84. The van der Waals surface area contributed by atoms with Crippen LogP contribution in [0.25, 0.3) is 0 Å². The van der Waals surface area contributed by atoms with E-state index >= 15 is 0 Å². The van der Waals surface area contributed by atoms with Gasteiger partial charge in [0, 0.05) is 13.1 Å². The predicted molar refractivity (Wildman–Crippen MR) is 45.0 cm³/mol. The van der Waals surface area contributed by atoms with Crippen LogP contribution < -0.4 is 0 Å². The van der Waals surface area contributed by atoms with Crippen LogP contribution in [-0.4, -0.2) is 24.5 Å². The highest BCUT2D eigenvalue weighted by Gasteiger charge is 2.16. The Hall–Kier alpha value is -0.300. The number of rotatable bonds is 2. The van der Waals surface area contributed by atoms with Crippen molar-refractivity contribution in [2.75, 3.05) is 19.6 Å². The molecule has 0 aliphatic carbocycles. The fourth-order valence-electron chi connectivity index (χ4n) is 1.45. The first-order valence-corrected chi connectivity index (χ1v) is 4.16. The molecule has 0 aromatic heterocycles. The first-order valence-electron chi connectivity index (χ1n) is 4.16. The van der Waals surface area contributed by atoms with E-state index < -0.39 is 0 Å². The average Bonchev–Trinajstić information content (AvgIpc) is 2.31. The minimum absolute atomic E-state index is 0.922. The maximum atomic E-state index is 2.50. The van der Waals surface area contributed by atoms with Crippen molar-refractivity contribution in [3.05, 3.63) is 12.2 Å². The zero-order valence-electron chi connectivity index (χ0n) is 7.01. The number of hydrogen-bond acceptors (Lipinski definition) is 1. The molecule has 0 saturated carbocycles. The summed E-state index contributed by atoms with van der Waals surface area (Å²) in [5.41, 5.74) is 0. The summed E-state index contributed by atoms with van der Waals surface area (Å²) >= 11 is 0. The molecule has 1 fully saturated rings. The summed E-state index contributed by atoms with van der Waals surface area (Å²) in [4.78, 5) is 2.50. The van der Waals surface area contributed by atoms with Crippen molar-refractivity contribution in [1.82, 2.24) is 4.90 Å². The molecule has 1 heteroatoms. The summed E-state index contributed by atoms with van der Waals surface area (Å²) in [6.45, 7) is 8.16. The minimum atomic E-state index is 0.922. The first-order chi connectivity index (χ1) is 4.83. The molecule has 0 aromatic rings. The Morgan fingerprint density at radius 2 is 2.40 bits per heavy atom. The van der Waals surface area contributed by atoms with Crippen LogP contribution in [0, 0.1) is 5.92 Å². The van der Waals surface area contributed by atoms with Gasteiger partial charge in [0.15, 0.2) is 0 Å². The van der Waals surface area contributed by atoms with Crippen molar-refractivity contribution in [2.24, 2.45) is 5.92 Å². The molecule has 0 bridgehead atoms. The first kappa shape index (κ1) is 7.80. The third-order valence-electron chi connectivity index (χ3n) is 2.11. The summed E-state index contributed by atoms with van der Waals surface area (Å²) in [5, 5.41) is 0. The Morgan fingerprint density at radius 3 is 2.90 bits per heavy atom. The van der Waals surface area contributed by atoms with E-state index in [1.54, 1.807) is 0 Å². The predicted octanol–water partition coefficient (Wildman–Crippen LogP) is 1.90. The summed E-state index contributed by atoms with van der Waals surface area (Å²) in [5.74, 6) is 0.922. The second kappa shape index (κ2) is 3.77. The van der Waals surface area contributed by atoms with Crippen LogP contribution in [0.4, 0.5) is 0 Å². The van der Waals surface area contributed by atoms with Gasteiger partial charge in [-0.25, -0.2) is 0 Å². The Bertz CT molecular complexity index is 118. The molecule has 10 heavy (non-hydrogen) atoms. The van der Waals surface area contributed by atoms with E-state index in [0.29, 0.717) is 0 Å². The number of nitrogens with zero attached hydrogens (tertiary/aromatic N) is 1. The largest absolute Gasteiger partial charge is 0.299 e. The standard InChI is InChI=1S/C9H17N/c1-3-4-6-10-7-5-9(2)8-10/h3-4,9H,5-8H2,1-2H3. The Labute approximate surface area is 63.7 Å². The van der Waals surface area contributed by atoms with E-state index in [1.165, 1.54) is 19.5 Å². The Balaban J connectivity index is 2.18. The molecule has 1 unspecified atom stereocenters. The van der Waals surface area contributed by atoms with Crippen LogP contribution in [0.15, 0.2) is 12.2 Å². The highest BCUT2D eigenvalue weighted by atomic mass is 15.1. The zero-order chi connectivity index (χ0) is 7.40. The van der Waals surface area contributed by atoms with Crippen LogP contribution in [0.5, 0.6) is 0 Å². The van der Waals surface area contributed by atoms with Gasteiger partial charge in [-0.05, 0) is 25.8 Å². The molecule has 58 valence electrons. The van der Waals surface area contributed by atoms with E-state index in [9.17, 15) is 0 Å². The molecule has 1 nitrogen and oxygen atoms in total. The molecule has 1 rings (SSSR count). The molecule has 1 atom stereocenters. The number of allylic oxidation sites excluding steroid dienone is 1. The van der Waals surface area contributed by atoms with Gasteiger partial charge in [0.1, 0.15) is 0 Å². The fraction of sp³-hybridized carbons (Fsp3) is 0.778. The molecule has 0 N–H and O–H groups in total. The number of hydrogen-bond donors (Lipinski definition) is 0. The second-order valence-electron chi connectivity index (χ2n) is 3.22. The lowest BCUT2D eigenvalue weighted by molar-refractivity contribution is 0.364. The maximum Gasteiger partial charge on any atom is 0.0163 e. The normalized spacial score (nSPS) is 28.4. The maximum absolute atomic E-state index is 2.50. The van der Waals surface area contributed by atoms with Crippen LogP contribution in [-0.2, 0) is 0 Å². The zero-order valence-corrected chi connectivity index (χ0v) is 7.01. The lowest BCUT2D eigenvalue weighted by Gasteiger charge is -2.11. The van der Waals surface area contributed by atoms with Crippen molar-refractivity contribution < 1.29 is 0 Å². The van der Waals surface area contributed by atoms with Gasteiger partial charge in [-0.2, -0.15) is 0 Å². The summed E-state index contributed by atoms with van der Waals surface area (Å²) < 4.78 is 0. The van der Waals surface area contributed by atoms with Crippen molar-refractivity contribution in [3.8, 4) is 0 Å². The van der Waals surface area contributed by atoms with Crippen molar-refractivity contribution in [2.45, 2.75) is 20.3 Å². The second-order valence-corrected chi connectivity index (χ2v) is 3.22. The van der Waals surface area contributed by atoms with E-state index in [1.807, 2.05) is 0 Å². The van der Waals surface area contributed by atoms with E-state index in [2.05, 4.69) is 30.9 Å². The van der Waals surface area contributed by atoms with Gasteiger partial charge in [-0.3, -0.25) is 4.90 Å². The molecule has 0 radical (unpaired) electrons. The molecule has 0 aromatic carbocycles. The fourth-order valence-corrected chi connectivity index (χ4v) is 1.45. The summed E-state index contributed by atoms with van der Waals surface area (Å²) in [7, 11) is 0. The van der Waals surface area contributed by atoms with E-state index in [0.717, 1.165) is 12.5 Å². The SMILES string of the molecule is CC=CCN1CCC(C)C1. The molecular formula is C9H17N. The summed E-state index contributed by atoms with van der Waals surface area (Å²) in [6.07, 6.45) is 5.75. The lowest BCUT2D eigenvalue weighted by atomic mass is 10.2. The van der Waals surface area contributed by atoms with Gasteiger partial charge in [0.2, 0.25) is 0 Å². The molecule has 1 aliphatic rings. The smallest absolute Gasteiger partial charge is 0.0163 e. The molecule has 0 amide bonds.